The van der Waals surface area contributed by atoms with Gasteiger partial charge in [-0.25, -0.2) is 0 Å². The second kappa shape index (κ2) is 6.17. The van der Waals surface area contributed by atoms with Gasteiger partial charge in [-0.1, -0.05) is 13.8 Å². The van der Waals surface area contributed by atoms with E-state index in [0.717, 1.165) is 0 Å². The van der Waals surface area contributed by atoms with E-state index in [4.69, 9.17) is 0 Å². The van der Waals surface area contributed by atoms with Crippen molar-refractivity contribution in [3.05, 3.63) is 0 Å². The minimum absolute atomic E-state index is 0.568. The van der Waals surface area contributed by atoms with Crippen LogP contribution in [0.25, 0.3) is 0 Å². The molecular weight excluding hydrogens is 210 g/mol. The van der Waals surface area contributed by atoms with Crippen LogP contribution in [0.1, 0.15) is 33.1 Å². The highest BCUT2D eigenvalue weighted by Gasteiger charge is 2.30. The smallest absolute Gasteiger partial charge is 0.0110 e. The summed E-state index contributed by atoms with van der Waals surface area (Å²) in [7, 11) is 0. The maximum absolute atomic E-state index is 3.47. The molecule has 2 saturated heterocycles. The highest BCUT2D eigenvalue weighted by Crippen LogP contribution is 2.29. The van der Waals surface area contributed by atoms with Crippen LogP contribution in [0.4, 0.5) is 0 Å². The van der Waals surface area contributed by atoms with Crippen LogP contribution in [0.5, 0.6) is 0 Å². The fraction of sp³-hybridized carbons (Fsp3) is 1.00. The van der Waals surface area contributed by atoms with Crippen molar-refractivity contribution in [2.24, 2.45) is 5.41 Å². The van der Waals surface area contributed by atoms with Gasteiger partial charge in [-0.2, -0.15) is 0 Å². The molecule has 0 aromatic rings. The Kier molecular flexibility index (Phi) is 4.83. The van der Waals surface area contributed by atoms with Gasteiger partial charge in [-0.15, -0.1) is 0 Å². The lowest BCUT2D eigenvalue weighted by Crippen LogP contribution is -2.51. The first-order chi connectivity index (χ1) is 8.22. The Morgan fingerprint density at radius 1 is 1.00 bits per heavy atom. The van der Waals surface area contributed by atoms with Gasteiger partial charge in [0.05, 0.1) is 0 Å². The van der Waals surface area contributed by atoms with Crippen LogP contribution < -0.4 is 5.32 Å². The largest absolute Gasteiger partial charge is 0.317 e. The number of hydrogen-bond donors (Lipinski definition) is 1. The summed E-state index contributed by atoms with van der Waals surface area (Å²) < 4.78 is 0. The summed E-state index contributed by atoms with van der Waals surface area (Å²) >= 11 is 0. The number of nitrogens with one attached hydrogen (secondary N) is 1. The molecule has 0 atom stereocenters. The van der Waals surface area contributed by atoms with Gasteiger partial charge >= 0.3 is 0 Å². The maximum atomic E-state index is 3.47. The molecule has 3 heteroatoms. The summed E-state index contributed by atoms with van der Waals surface area (Å²) in [5.74, 6) is 0. The number of piperidine rings is 1. The third-order valence-corrected chi connectivity index (χ3v) is 4.42. The van der Waals surface area contributed by atoms with E-state index in [9.17, 15) is 0 Å². The van der Waals surface area contributed by atoms with E-state index in [2.05, 4.69) is 29.0 Å². The van der Waals surface area contributed by atoms with E-state index in [0.29, 0.717) is 5.41 Å². The fourth-order valence-electron chi connectivity index (χ4n) is 3.22. The predicted molar refractivity (Wildman–Crippen MR) is 73.4 cm³/mol. The highest BCUT2D eigenvalue weighted by molar-refractivity contribution is 4.85. The van der Waals surface area contributed by atoms with Crippen molar-refractivity contribution in [3.63, 3.8) is 0 Å². The Balaban J connectivity index is 1.73. The molecular formula is C14H29N3. The zero-order valence-electron chi connectivity index (χ0n) is 11.7. The molecule has 0 aromatic carbocycles. The second-order valence-electron chi connectivity index (χ2n) is 6.18. The minimum atomic E-state index is 0.568. The Morgan fingerprint density at radius 3 is 2.18 bits per heavy atom. The Bertz CT molecular complexity index is 216. The quantitative estimate of drug-likeness (QED) is 0.800. The van der Waals surface area contributed by atoms with Crippen LogP contribution >= 0.6 is 0 Å². The molecule has 0 aromatic heterocycles. The molecule has 1 N–H and O–H groups in total. The number of rotatable bonds is 4. The van der Waals surface area contributed by atoms with E-state index in [1.165, 1.54) is 71.6 Å². The van der Waals surface area contributed by atoms with Gasteiger partial charge < -0.3 is 15.1 Å². The molecule has 0 amide bonds. The van der Waals surface area contributed by atoms with Crippen LogP contribution in [0.15, 0.2) is 0 Å². The molecule has 2 fully saturated rings. The summed E-state index contributed by atoms with van der Waals surface area (Å²) in [6.07, 6.45) is 3.99. The summed E-state index contributed by atoms with van der Waals surface area (Å²) in [6.45, 7) is 14.9. The summed E-state index contributed by atoms with van der Waals surface area (Å²) in [4.78, 5) is 5.30. The van der Waals surface area contributed by atoms with Crippen molar-refractivity contribution in [1.29, 1.82) is 0 Å². The van der Waals surface area contributed by atoms with Crippen molar-refractivity contribution >= 4 is 0 Å². The Labute approximate surface area is 107 Å². The molecule has 0 aliphatic carbocycles. The van der Waals surface area contributed by atoms with Gasteiger partial charge in [-0.05, 0) is 44.3 Å². The average Bonchev–Trinajstić information content (AvgIpc) is 2.33. The summed E-state index contributed by atoms with van der Waals surface area (Å²) in [5.41, 5.74) is 0.568. The Morgan fingerprint density at radius 2 is 1.59 bits per heavy atom. The molecule has 0 unspecified atom stereocenters. The highest BCUT2D eigenvalue weighted by atomic mass is 15.3. The van der Waals surface area contributed by atoms with E-state index >= 15 is 0 Å². The molecule has 2 aliphatic heterocycles. The van der Waals surface area contributed by atoms with Crippen LogP contribution in [0.2, 0.25) is 0 Å². The lowest BCUT2D eigenvalue weighted by atomic mass is 9.80. The van der Waals surface area contributed by atoms with Gasteiger partial charge in [0.15, 0.2) is 0 Å². The van der Waals surface area contributed by atoms with Crippen molar-refractivity contribution in [2.45, 2.75) is 33.1 Å². The maximum Gasteiger partial charge on any atom is 0.0110 e. The van der Waals surface area contributed by atoms with E-state index < -0.39 is 0 Å². The van der Waals surface area contributed by atoms with Crippen molar-refractivity contribution in [2.75, 3.05) is 52.4 Å². The minimum Gasteiger partial charge on any atom is -0.317 e. The van der Waals surface area contributed by atoms with Crippen LogP contribution in [-0.4, -0.2) is 62.2 Å². The van der Waals surface area contributed by atoms with E-state index in [-0.39, 0.29) is 0 Å². The van der Waals surface area contributed by atoms with E-state index in [1.54, 1.807) is 0 Å². The SMILES string of the molecule is CCCN1CCN(CC2(C)CCNCC2)CC1. The number of piperazine rings is 1. The van der Waals surface area contributed by atoms with Crippen LogP contribution in [-0.2, 0) is 0 Å². The second-order valence-corrected chi connectivity index (χ2v) is 6.18. The summed E-state index contributed by atoms with van der Waals surface area (Å²) in [5, 5.41) is 3.47. The first kappa shape index (κ1) is 13.3. The van der Waals surface area contributed by atoms with Crippen molar-refractivity contribution in [1.82, 2.24) is 15.1 Å². The standard InChI is InChI=1S/C14H29N3/c1-3-8-16-9-11-17(12-10-16)13-14(2)4-6-15-7-5-14/h15H,3-13H2,1-2H3. The molecule has 2 aliphatic rings. The zero-order chi connectivity index (χ0) is 12.1. The van der Waals surface area contributed by atoms with Gasteiger partial charge in [0.2, 0.25) is 0 Å². The van der Waals surface area contributed by atoms with Gasteiger partial charge in [0.25, 0.3) is 0 Å². The zero-order valence-corrected chi connectivity index (χ0v) is 11.7. The topological polar surface area (TPSA) is 18.5 Å². The normalized spacial score (nSPS) is 27.2. The first-order valence-electron chi connectivity index (χ1n) is 7.37. The molecule has 0 saturated carbocycles. The summed E-state index contributed by atoms with van der Waals surface area (Å²) in [6, 6.07) is 0. The molecule has 100 valence electrons. The molecule has 17 heavy (non-hydrogen) atoms. The molecule has 3 nitrogen and oxygen atoms in total. The molecule has 0 spiro atoms. The number of nitrogens with zero attached hydrogens (tertiary/aromatic N) is 2. The van der Waals surface area contributed by atoms with Gasteiger partial charge in [-0.3, -0.25) is 0 Å². The van der Waals surface area contributed by atoms with Crippen LogP contribution in [0, 0.1) is 5.41 Å². The first-order valence-corrected chi connectivity index (χ1v) is 7.37. The van der Waals surface area contributed by atoms with Crippen LogP contribution in [0.3, 0.4) is 0 Å². The molecule has 2 heterocycles. The number of hydrogen-bond acceptors (Lipinski definition) is 3. The molecule has 2 rings (SSSR count). The lowest BCUT2D eigenvalue weighted by Gasteiger charge is -2.42. The molecule has 0 radical (unpaired) electrons. The third kappa shape index (κ3) is 3.94. The van der Waals surface area contributed by atoms with Crippen molar-refractivity contribution in [3.8, 4) is 0 Å². The van der Waals surface area contributed by atoms with Gasteiger partial charge in [0.1, 0.15) is 0 Å². The van der Waals surface area contributed by atoms with E-state index in [1.807, 2.05) is 0 Å². The monoisotopic (exact) mass is 239 g/mol. The lowest BCUT2D eigenvalue weighted by molar-refractivity contribution is 0.0760. The fourth-order valence-corrected chi connectivity index (χ4v) is 3.22. The molecule has 0 bridgehead atoms. The third-order valence-electron chi connectivity index (χ3n) is 4.42. The van der Waals surface area contributed by atoms with Crippen molar-refractivity contribution < 1.29 is 0 Å². The average molecular weight is 239 g/mol. The predicted octanol–water partition coefficient (Wildman–Crippen LogP) is 1.40. The van der Waals surface area contributed by atoms with Gasteiger partial charge in [0, 0.05) is 32.7 Å². The Hall–Kier alpha value is -0.120.